The number of nitriles is 2. The van der Waals surface area contributed by atoms with E-state index < -0.39 is 0 Å². The van der Waals surface area contributed by atoms with Crippen LogP contribution >= 0.6 is 0 Å². The number of nitrogens with zero attached hydrogens (tertiary/aromatic N) is 4. The number of fused-ring (bicyclic) bond motifs is 6. The van der Waals surface area contributed by atoms with Crippen molar-refractivity contribution < 1.29 is 0 Å². The highest BCUT2D eigenvalue weighted by atomic mass is 15.0. The van der Waals surface area contributed by atoms with E-state index in [-0.39, 0.29) is 0 Å². The zero-order chi connectivity index (χ0) is 32.2. The number of para-hydroxylation sites is 4. The Morgan fingerprint density at radius 3 is 1.92 bits per heavy atom. The Morgan fingerprint density at radius 1 is 0.417 bits per heavy atom. The lowest BCUT2D eigenvalue weighted by Crippen LogP contribution is -1.97. The van der Waals surface area contributed by atoms with Crippen molar-refractivity contribution in [3.63, 3.8) is 0 Å². The van der Waals surface area contributed by atoms with Gasteiger partial charge in [0, 0.05) is 32.8 Å². The first-order valence-corrected chi connectivity index (χ1v) is 15.9. The lowest BCUT2D eigenvalue weighted by Gasteiger charge is -2.15. The zero-order valence-electron chi connectivity index (χ0n) is 25.8. The van der Waals surface area contributed by atoms with Crippen LogP contribution < -0.4 is 0 Å². The van der Waals surface area contributed by atoms with E-state index in [1.807, 2.05) is 42.5 Å². The summed E-state index contributed by atoms with van der Waals surface area (Å²) in [6, 6.07) is 59.0. The summed E-state index contributed by atoms with van der Waals surface area (Å²) in [5.41, 5.74) is 12.0. The molecule has 0 saturated heterocycles. The molecule has 9 rings (SSSR count). The van der Waals surface area contributed by atoms with Gasteiger partial charge >= 0.3 is 0 Å². The molecular formula is C44H26N4. The van der Waals surface area contributed by atoms with E-state index in [0.29, 0.717) is 11.1 Å². The molecule has 0 unspecified atom stereocenters. The maximum Gasteiger partial charge on any atom is 0.101 e. The predicted molar refractivity (Wildman–Crippen MR) is 195 cm³/mol. The van der Waals surface area contributed by atoms with Crippen LogP contribution in [0.15, 0.2) is 158 Å². The molecule has 0 N–H and O–H groups in total. The fourth-order valence-corrected chi connectivity index (χ4v) is 7.33. The number of aromatic nitrogens is 2. The van der Waals surface area contributed by atoms with E-state index in [1.165, 1.54) is 0 Å². The van der Waals surface area contributed by atoms with Gasteiger partial charge in [0.25, 0.3) is 0 Å². The molecule has 0 radical (unpaired) electrons. The van der Waals surface area contributed by atoms with Crippen LogP contribution in [0.5, 0.6) is 0 Å². The smallest absolute Gasteiger partial charge is 0.101 e. The maximum absolute atomic E-state index is 9.95. The van der Waals surface area contributed by atoms with Gasteiger partial charge < -0.3 is 9.13 Å². The molecular weight excluding hydrogens is 585 g/mol. The summed E-state index contributed by atoms with van der Waals surface area (Å²) < 4.78 is 4.52. The van der Waals surface area contributed by atoms with Gasteiger partial charge in [0.2, 0.25) is 0 Å². The summed E-state index contributed by atoms with van der Waals surface area (Å²) >= 11 is 0. The number of benzene rings is 7. The first kappa shape index (κ1) is 27.4. The van der Waals surface area contributed by atoms with Gasteiger partial charge in [-0.15, -0.1) is 0 Å². The average Bonchev–Trinajstić information content (AvgIpc) is 3.67. The Kier molecular flexibility index (Phi) is 6.22. The second-order valence-corrected chi connectivity index (χ2v) is 12.0. The molecule has 0 atom stereocenters. The van der Waals surface area contributed by atoms with Gasteiger partial charge in [0.05, 0.1) is 45.0 Å². The van der Waals surface area contributed by atoms with E-state index in [1.54, 1.807) is 0 Å². The normalized spacial score (nSPS) is 11.3. The van der Waals surface area contributed by atoms with E-state index in [2.05, 4.69) is 137 Å². The third-order valence-electron chi connectivity index (χ3n) is 9.40. The van der Waals surface area contributed by atoms with Crippen molar-refractivity contribution in [3.8, 4) is 45.8 Å². The monoisotopic (exact) mass is 610 g/mol. The largest absolute Gasteiger partial charge is 0.309 e. The molecule has 48 heavy (non-hydrogen) atoms. The van der Waals surface area contributed by atoms with Crippen molar-refractivity contribution in [2.45, 2.75) is 0 Å². The lowest BCUT2D eigenvalue weighted by atomic mass is 9.92. The molecule has 0 aliphatic heterocycles. The summed E-state index contributed by atoms with van der Waals surface area (Å²) in [6.07, 6.45) is 0. The minimum Gasteiger partial charge on any atom is -0.309 e. The maximum atomic E-state index is 9.95. The van der Waals surface area contributed by atoms with Crippen LogP contribution in [-0.4, -0.2) is 9.13 Å². The van der Waals surface area contributed by atoms with Gasteiger partial charge in [-0.3, -0.25) is 0 Å². The molecule has 9 aromatic rings. The molecule has 7 aromatic carbocycles. The topological polar surface area (TPSA) is 57.4 Å². The minimum absolute atomic E-state index is 0.637. The van der Waals surface area contributed by atoms with Crippen LogP contribution in [-0.2, 0) is 0 Å². The van der Waals surface area contributed by atoms with E-state index in [0.717, 1.165) is 77.2 Å². The van der Waals surface area contributed by atoms with Crippen LogP contribution in [0.25, 0.3) is 77.2 Å². The Hall–Kier alpha value is -6.88. The molecule has 2 aromatic heterocycles. The average molecular weight is 611 g/mol. The Bertz CT molecular complexity index is 2800. The molecule has 0 amide bonds. The second-order valence-electron chi connectivity index (χ2n) is 12.0. The molecule has 0 fully saturated rings. The Morgan fingerprint density at radius 2 is 1.06 bits per heavy atom. The fourth-order valence-electron chi connectivity index (χ4n) is 7.33. The van der Waals surface area contributed by atoms with Crippen molar-refractivity contribution in [1.82, 2.24) is 9.13 Å². The minimum atomic E-state index is 0.637. The molecule has 0 saturated carbocycles. The van der Waals surface area contributed by atoms with Gasteiger partial charge in [-0.2, -0.15) is 10.5 Å². The predicted octanol–water partition coefficient (Wildman–Crippen LogP) is 11.0. The summed E-state index contributed by atoms with van der Waals surface area (Å²) in [5.74, 6) is 0. The van der Waals surface area contributed by atoms with Crippen molar-refractivity contribution in [2.24, 2.45) is 0 Å². The SMILES string of the molecule is N#Cc1ccc2c(c1)c1cccc(-c3ccccc3-c3ccc4c(c3)c3ccccc3n4-c3ccccc3C#N)c1n2-c1ccccc1. The van der Waals surface area contributed by atoms with Crippen molar-refractivity contribution in [1.29, 1.82) is 10.5 Å². The second kappa shape index (κ2) is 10.9. The van der Waals surface area contributed by atoms with E-state index >= 15 is 0 Å². The molecule has 4 nitrogen and oxygen atoms in total. The van der Waals surface area contributed by atoms with E-state index in [4.69, 9.17) is 0 Å². The number of hydrogen-bond donors (Lipinski definition) is 0. The quantitative estimate of drug-likeness (QED) is 0.199. The summed E-state index contributed by atoms with van der Waals surface area (Å²) in [5, 5.41) is 24.1. The zero-order valence-corrected chi connectivity index (χ0v) is 25.8. The van der Waals surface area contributed by atoms with Gasteiger partial charge in [-0.1, -0.05) is 97.1 Å². The highest BCUT2D eigenvalue weighted by Crippen LogP contribution is 2.43. The number of hydrogen-bond acceptors (Lipinski definition) is 2. The fraction of sp³-hybridized carbons (Fsp3) is 0. The highest BCUT2D eigenvalue weighted by molar-refractivity contribution is 6.15. The van der Waals surface area contributed by atoms with Crippen molar-refractivity contribution in [2.75, 3.05) is 0 Å². The van der Waals surface area contributed by atoms with Crippen molar-refractivity contribution >= 4 is 43.6 Å². The highest BCUT2D eigenvalue weighted by Gasteiger charge is 2.20. The summed E-state index contributed by atoms with van der Waals surface area (Å²) in [4.78, 5) is 0. The third-order valence-corrected chi connectivity index (χ3v) is 9.40. The van der Waals surface area contributed by atoms with E-state index in [9.17, 15) is 10.5 Å². The summed E-state index contributed by atoms with van der Waals surface area (Å²) in [7, 11) is 0. The van der Waals surface area contributed by atoms with Crippen LogP contribution in [0.4, 0.5) is 0 Å². The lowest BCUT2D eigenvalue weighted by molar-refractivity contribution is 1.17. The first-order chi connectivity index (χ1) is 23.7. The standard InChI is InChI=1S/C44H26N4/c45-27-29-21-23-42-38(25-29)37-18-10-17-36(44(37)47(42)32-12-2-1-3-13-32)34-15-6-5-14-33(34)30-22-24-43-39(26-30)35-16-7-9-20-41(35)48(43)40-19-8-4-11-31(40)28-46/h1-26H. The van der Waals surface area contributed by atoms with Crippen LogP contribution in [0.3, 0.4) is 0 Å². The molecule has 4 heteroatoms. The van der Waals surface area contributed by atoms with Gasteiger partial charge in [-0.25, -0.2) is 0 Å². The van der Waals surface area contributed by atoms with Crippen LogP contribution in [0.2, 0.25) is 0 Å². The van der Waals surface area contributed by atoms with Crippen LogP contribution in [0.1, 0.15) is 11.1 Å². The van der Waals surface area contributed by atoms with Gasteiger partial charge in [-0.05, 0) is 77.4 Å². The summed E-state index contributed by atoms with van der Waals surface area (Å²) in [6.45, 7) is 0. The Balaban J connectivity index is 1.32. The van der Waals surface area contributed by atoms with Gasteiger partial charge in [0.1, 0.15) is 6.07 Å². The number of rotatable bonds is 4. The molecule has 0 bridgehead atoms. The first-order valence-electron chi connectivity index (χ1n) is 15.9. The molecule has 0 aliphatic rings. The molecule has 0 spiro atoms. The van der Waals surface area contributed by atoms with Crippen LogP contribution in [0, 0.1) is 22.7 Å². The third kappa shape index (κ3) is 4.07. The van der Waals surface area contributed by atoms with Gasteiger partial charge in [0.15, 0.2) is 0 Å². The molecule has 0 aliphatic carbocycles. The Labute approximate surface area is 277 Å². The molecule has 2 heterocycles. The van der Waals surface area contributed by atoms with Crippen molar-refractivity contribution in [3.05, 3.63) is 169 Å². The molecule has 222 valence electrons.